The SMILES string of the molecule is CCC1CCCN(c2cnc(CNC3CC3)cn2)CC1. The average Bonchev–Trinajstić information content (AvgIpc) is 3.32. The van der Waals surface area contributed by atoms with Gasteiger partial charge in [-0.05, 0) is 38.0 Å². The van der Waals surface area contributed by atoms with Crippen LogP contribution in [0.5, 0.6) is 0 Å². The summed E-state index contributed by atoms with van der Waals surface area (Å²) in [5.41, 5.74) is 1.06. The summed E-state index contributed by atoms with van der Waals surface area (Å²) in [5, 5.41) is 3.48. The van der Waals surface area contributed by atoms with Gasteiger partial charge in [0.15, 0.2) is 0 Å². The molecule has 4 heteroatoms. The Kier molecular flexibility index (Phi) is 4.51. The van der Waals surface area contributed by atoms with Gasteiger partial charge in [0.2, 0.25) is 0 Å². The Morgan fingerprint density at radius 2 is 2.05 bits per heavy atom. The zero-order valence-electron chi connectivity index (χ0n) is 12.5. The number of anilines is 1. The van der Waals surface area contributed by atoms with E-state index in [9.17, 15) is 0 Å². The van der Waals surface area contributed by atoms with Crippen molar-refractivity contribution in [2.75, 3.05) is 18.0 Å². The van der Waals surface area contributed by atoms with Crippen LogP contribution in [0.1, 0.15) is 51.1 Å². The molecule has 0 spiro atoms. The number of hydrogen-bond donors (Lipinski definition) is 1. The molecular weight excluding hydrogens is 248 g/mol. The van der Waals surface area contributed by atoms with Crippen molar-refractivity contribution in [2.45, 2.75) is 58.0 Å². The molecule has 1 N–H and O–H groups in total. The van der Waals surface area contributed by atoms with Gasteiger partial charge >= 0.3 is 0 Å². The minimum absolute atomic E-state index is 0.730. The molecule has 20 heavy (non-hydrogen) atoms. The highest BCUT2D eigenvalue weighted by atomic mass is 15.2. The van der Waals surface area contributed by atoms with E-state index in [0.717, 1.165) is 43.1 Å². The van der Waals surface area contributed by atoms with Crippen LogP contribution < -0.4 is 10.2 Å². The molecule has 1 atom stereocenters. The summed E-state index contributed by atoms with van der Waals surface area (Å²) in [5.74, 6) is 1.95. The lowest BCUT2D eigenvalue weighted by Gasteiger charge is -2.21. The van der Waals surface area contributed by atoms with E-state index >= 15 is 0 Å². The molecule has 1 unspecified atom stereocenters. The quantitative estimate of drug-likeness (QED) is 0.896. The van der Waals surface area contributed by atoms with E-state index in [-0.39, 0.29) is 0 Å². The molecule has 2 aliphatic rings. The topological polar surface area (TPSA) is 41.1 Å². The average molecular weight is 274 g/mol. The first-order valence-electron chi connectivity index (χ1n) is 8.14. The van der Waals surface area contributed by atoms with Gasteiger partial charge in [0.25, 0.3) is 0 Å². The van der Waals surface area contributed by atoms with Crippen molar-refractivity contribution in [3.63, 3.8) is 0 Å². The van der Waals surface area contributed by atoms with Gasteiger partial charge in [0.1, 0.15) is 5.82 Å². The van der Waals surface area contributed by atoms with Crippen LogP contribution in [-0.2, 0) is 6.54 Å². The first-order chi connectivity index (χ1) is 9.85. The summed E-state index contributed by atoms with van der Waals surface area (Å²) in [6.07, 6.45) is 11.8. The second kappa shape index (κ2) is 6.53. The number of hydrogen-bond acceptors (Lipinski definition) is 4. The van der Waals surface area contributed by atoms with Gasteiger partial charge in [-0.2, -0.15) is 0 Å². The highest BCUT2D eigenvalue weighted by Crippen LogP contribution is 2.23. The Morgan fingerprint density at radius 1 is 1.15 bits per heavy atom. The lowest BCUT2D eigenvalue weighted by molar-refractivity contribution is 0.459. The van der Waals surface area contributed by atoms with E-state index < -0.39 is 0 Å². The first kappa shape index (κ1) is 13.8. The van der Waals surface area contributed by atoms with Crippen molar-refractivity contribution in [2.24, 2.45) is 5.92 Å². The number of rotatable bonds is 5. The van der Waals surface area contributed by atoms with Crippen molar-refractivity contribution in [1.29, 1.82) is 0 Å². The van der Waals surface area contributed by atoms with Crippen LogP contribution in [-0.4, -0.2) is 29.1 Å². The fourth-order valence-corrected chi connectivity index (χ4v) is 2.94. The Balaban J connectivity index is 1.55. The van der Waals surface area contributed by atoms with Gasteiger partial charge in [-0.1, -0.05) is 13.3 Å². The Bertz CT molecular complexity index is 413. The zero-order chi connectivity index (χ0) is 13.8. The molecule has 1 saturated carbocycles. The summed E-state index contributed by atoms with van der Waals surface area (Å²) in [6.45, 7) is 5.43. The van der Waals surface area contributed by atoms with Gasteiger partial charge in [-0.15, -0.1) is 0 Å². The molecule has 0 radical (unpaired) electrons. The van der Waals surface area contributed by atoms with Gasteiger partial charge in [-0.3, -0.25) is 4.98 Å². The fourth-order valence-electron chi connectivity index (χ4n) is 2.94. The van der Waals surface area contributed by atoms with Gasteiger partial charge in [0, 0.05) is 25.7 Å². The summed E-state index contributed by atoms with van der Waals surface area (Å²) in [4.78, 5) is 11.6. The molecule has 2 heterocycles. The molecule has 0 bridgehead atoms. The van der Waals surface area contributed by atoms with E-state index in [1.807, 2.05) is 12.4 Å². The monoisotopic (exact) mass is 274 g/mol. The minimum Gasteiger partial charge on any atom is -0.355 e. The second-order valence-corrected chi connectivity index (χ2v) is 6.21. The largest absolute Gasteiger partial charge is 0.355 e. The summed E-state index contributed by atoms with van der Waals surface area (Å²) in [7, 11) is 0. The Morgan fingerprint density at radius 3 is 2.75 bits per heavy atom. The number of aromatic nitrogens is 2. The molecule has 1 aliphatic heterocycles. The maximum atomic E-state index is 4.62. The van der Waals surface area contributed by atoms with Crippen LogP contribution in [0.3, 0.4) is 0 Å². The molecule has 1 saturated heterocycles. The highest BCUT2D eigenvalue weighted by molar-refractivity contribution is 5.35. The molecule has 4 nitrogen and oxygen atoms in total. The summed E-state index contributed by atoms with van der Waals surface area (Å²) < 4.78 is 0. The third-order valence-corrected chi connectivity index (χ3v) is 4.59. The smallest absolute Gasteiger partial charge is 0.147 e. The van der Waals surface area contributed by atoms with Crippen molar-refractivity contribution in [3.05, 3.63) is 18.1 Å². The second-order valence-electron chi connectivity index (χ2n) is 6.21. The van der Waals surface area contributed by atoms with E-state index in [2.05, 4.69) is 27.1 Å². The molecule has 1 aromatic heterocycles. The van der Waals surface area contributed by atoms with E-state index in [4.69, 9.17) is 0 Å². The molecule has 2 fully saturated rings. The first-order valence-corrected chi connectivity index (χ1v) is 8.14. The van der Waals surface area contributed by atoms with Crippen LogP contribution in [0.2, 0.25) is 0 Å². The van der Waals surface area contributed by atoms with Crippen molar-refractivity contribution in [1.82, 2.24) is 15.3 Å². The predicted molar refractivity (Wildman–Crippen MR) is 81.7 cm³/mol. The fraction of sp³-hybridized carbons (Fsp3) is 0.750. The standard InChI is InChI=1S/C16H26N4/c1-2-13-4-3-8-20(9-7-13)16-12-18-15(11-19-16)10-17-14-5-6-14/h11-14,17H,2-10H2,1H3. The molecule has 0 amide bonds. The summed E-state index contributed by atoms with van der Waals surface area (Å²) in [6, 6.07) is 0.730. The van der Waals surface area contributed by atoms with Crippen molar-refractivity contribution >= 4 is 5.82 Å². The molecular formula is C16H26N4. The molecule has 110 valence electrons. The van der Waals surface area contributed by atoms with Crippen molar-refractivity contribution in [3.8, 4) is 0 Å². The minimum atomic E-state index is 0.730. The molecule has 1 aliphatic carbocycles. The van der Waals surface area contributed by atoms with E-state index in [1.165, 1.54) is 38.5 Å². The maximum absolute atomic E-state index is 4.62. The lowest BCUT2D eigenvalue weighted by Crippen LogP contribution is -2.25. The van der Waals surface area contributed by atoms with Crippen LogP contribution >= 0.6 is 0 Å². The van der Waals surface area contributed by atoms with Gasteiger partial charge < -0.3 is 10.2 Å². The normalized spacial score (nSPS) is 23.6. The summed E-state index contributed by atoms with van der Waals surface area (Å²) >= 11 is 0. The lowest BCUT2D eigenvalue weighted by atomic mass is 9.98. The predicted octanol–water partition coefficient (Wildman–Crippen LogP) is 2.75. The van der Waals surface area contributed by atoms with Crippen LogP contribution in [0.15, 0.2) is 12.4 Å². The van der Waals surface area contributed by atoms with Gasteiger partial charge in [-0.25, -0.2) is 4.98 Å². The Hall–Kier alpha value is -1.16. The third-order valence-electron chi connectivity index (χ3n) is 4.59. The molecule has 3 rings (SSSR count). The van der Waals surface area contributed by atoms with Crippen LogP contribution in [0.25, 0.3) is 0 Å². The maximum Gasteiger partial charge on any atom is 0.147 e. The van der Waals surface area contributed by atoms with Gasteiger partial charge in [0.05, 0.1) is 18.1 Å². The van der Waals surface area contributed by atoms with Crippen LogP contribution in [0.4, 0.5) is 5.82 Å². The highest BCUT2D eigenvalue weighted by Gasteiger charge is 2.20. The van der Waals surface area contributed by atoms with Crippen LogP contribution in [0, 0.1) is 5.92 Å². The number of nitrogens with one attached hydrogen (secondary N) is 1. The van der Waals surface area contributed by atoms with Crippen molar-refractivity contribution < 1.29 is 0 Å². The zero-order valence-corrected chi connectivity index (χ0v) is 12.5. The molecule has 1 aromatic rings. The molecule has 0 aromatic carbocycles. The third kappa shape index (κ3) is 3.69. The Labute approximate surface area is 122 Å². The van der Waals surface area contributed by atoms with E-state index in [1.54, 1.807) is 0 Å². The number of nitrogens with zero attached hydrogens (tertiary/aromatic N) is 3. The van der Waals surface area contributed by atoms with E-state index in [0.29, 0.717) is 0 Å².